The van der Waals surface area contributed by atoms with E-state index >= 15 is 0 Å². The Morgan fingerprint density at radius 3 is 2.78 bits per heavy atom. The van der Waals surface area contributed by atoms with Crippen LogP contribution in [0.15, 0.2) is 42.7 Å². The van der Waals surface area contributed by atoms with Crippen LogP contribution in [0.2, 0.25) is 0 Å². The van der Waals surface area contributed by atoms with Crippen molar-refractivity contribution < 1.29 is 8.78 Å². The van der Waals surface area contributed by atoms with Crippen LogP contribution in [0.1, 0.15) is 25.3 Å². The number of aromatic nitrogens is 4. The minimum Gasteiger partial charge on any atom is -0.329 e. The van der Waals surface area contributed by atoms with Crippen LogP contribution in [-0.4, -0.2) is 26.6 Å². The lowest BCUT2D eigenvalue weighted by molar-refractivity contribution is 0.605. The number of halogens is 2. The third kappa shape index (κ3) is 3.09. The molecule has 4 rings (SSSR count). The van der Waals surface area contributed by atoms with Gasteiger partial charge in [-0.05, 0) is 48.7 Å². The van der Waals surface area contributed by atoms with Crippen molar-refractivity contribution in [1.82, 2.24) is 19.6 Å². The predicted molar refractivity (Wildman–Crippen MR) is 101 cm³/mol. The number of nitrogens with zero attached hydrogens (tertiary/aromatic N) is 5. The predicted octanol–water partition coefficient (Wildman–Crippen LogP) is 4.67. The lowest BCUT2D eigenvalue weighted by atomic mass is 10.0. The molecule has 0 aliphatic carbocycles. The molecular weight excluding hydrogens is 348 g/mol. The van der Waals surface area contributed by atoms with Gasteiger partial charge in [0.2, 0.25) is 0 Å². The first kappa shape index (κ1) is 17.3. The molecule has 27 heavy (non-hydrogen) atoms. The first-order chi connectivity index (χ1) is 13.1. The van der Waals surface area contributed by atoms with Crippen molar-refractivity contribution in [2.75, 3.05) is 11.9 Å². The molecule has 0 amide bonds. The molecule has 0 bridgehead atoms. The van der Waals surface area contributed by atoms with E-state index in [2.05, 4.69) is 22.1 Å². The van der Waals surface area contributed by atoms with E-state index in [1.165, 1.54) is 18.2 Å². The number of rotatable bonds is 5. The minimum atomic E-state index is -0.347. The van der Waals surface area contributed by atoms with Crippen LogP contribution < -0.4 is 4.90 Å². The van der Waals surface area contributed by atoms with Crippen molar-refractivity contribution in [3.8, 4) is 0 Å². The lowest BCUT2D eigenvalue weighted by Crippen LogP contribution is -2.13. The third-order valence-electron chi connectivity index (χ3n) is 4.71. The maximum Gasteiger partial charge on any atom is 0.257 e. The summed E-state index contributed by atoms with van der Waals surface area (Å²) in [6, 6.07) is 9.52. The molecule has 0 saturated carbocycles. The Kier molecular flexibility index (Phi) is 4.43. The molecule has 2 aromatic carbocycles. The smallest absolute Gasteiger partial charge is 0.257 e. The third-order valence-corrected chi connectivity index (χ3v) is 4.71. The number of hydrogen-bond donors (Lipinski definition) is 0. The average Bonchev–Trinajstić information content (AvgIpc) is 3.14. The second kappa shape index (κ2) is 6.90. The molecule has 7 heteroatoms. The fraction of sp³-hybridized carbons (Fsp3) is 0.250. The number of benzene rings is 2. The topological polar surface area (TPSA) is 46.3 Å². The van der Waals surface area contributed by atoms with E-state index < -0.39 is 0 Å². The van der Waals surface area contributed by atoms with Gasteiger partial charge in [-0.1, -0.05) is 19.4 Å². The molecule has 0 N–H and O–H groups in total. The first-order valence-corrected chi connectivity index (χ1v) is 8.89. The van der Waals surface area contributed by atoms with E-state index in [-0.39, 0.29) is 11.6 Å². The minimum absolute atomic E-state index is 0.265. The van der Waals surface area contributed by atoms with E-state index in [4.69, 9.17) is 0 Å². The summed E-state index contributed by atoms with van der Waals surface area (Å²) in [5, 5.41) is 8.59. The molecule has 0 atom stereocenters. The highest BCUT2D eigenvalue weighted by atomic mass is 19.1. The maximum atomic E-state index is 14.7. The van der Waals surface area contributed by atoms with Crippen LogP contribution in [-0.2, 0) is 6.42 Å². The van der Waals surface area contributed by atoms with Gasteiger partial charge in [0, 0.05) is 18.1 Å². The maximum absolute atomic E-state index is 14.7. The molecule has 0 radical (unpaired) electrons. The number of fused-ring (bicyclic) bond motifs is 3. The Morgan fingerprint density at radius 1 is 1.15 bits per heavy atom. The summed E-state index contributed by atoms with van der Waals surface area (Å²) < 4.78 is 30.1. The van der Waals surface area contributed by atoms with Gasteiger partial charge in [-0.25, -0.2) is 8.78 Å². The van der Waals surface area contributed by atoms with Crippen LogP contribution in [0, 0.1) is 11.6 Å². The van der Waals surface area contributed by atoms with Crippen molar-refractivity contribution >= 4 is 28.2 Å². The average molecular weight is 367 g/mol. The van der Waals surface area contributed by atoms with E-state index in [1.807, 2.05) is 6.07 Å². The number of hydrogen-bond acceptors (Lipinski definition) is 4. The normalized spacial score (nSPS) is 11.4. The van der Waals surface area contributed by atoms with Crippen LogP contribution in [0.4, 0.5) is 20.3 Å². The summed E-state index contributed by atoms with van der Waals surface area (Å²) in [4.78, 5) is 6.26. The van der Waals surface area contributed by atoms with Crippen molar-refractivity contribution in [3.05, 3.63) is 59.9 Å². The van der Waals surface area contributed by atoms with Gasteiger partial charge in [-0.15, -0.1) is 10.2 Å². The summed E-state index contributed by atoms with van der Waals surface area (Å²) in [5.74, 6) is 0.296. The Morgan fingerprint density at radius 2 is 2.00 bits per heavy atom. The standard InChI is InChI=1S/C20H19F2N5/c1-3-4-6-13-9-18-16(11-17(13)22)19(24-20-25-23-12-27(18)20)26(2)15-8-5-7-14(21)10-15/h5,7-12H,3-4,6H2,1-2H3. The number of unbranched alkanes of at least 4 members (excludes halogenated alkanes) is 1. The van der Waals surface area contributed by atoms with Crippen molar-refractivity contribution in [2.45, 2.75) is 26.2 Å². The van der Waals surface area contributed by atoms with Crippen molar-refractivity contribution in [2.24, 2.45) is 0 Å². The Labute approximate surface area is 155 Å². The SMILES string of the molecule is CCCCc1cc2c(cc1F)c(N(C)c1cccc(F)c1)nc1nncn12. The lowest BCUT2D eigenvalue weighted by Gasteiger charge is -2.21. The summed E-state index contributed by atoms with van der Waals surface area (Å²) in [6.45, 7) is 2.08. The summed E-state index contributed by atoms with van der Waals surface area (Å²) in [7, 11) is 1.77. The zero-order valence-corrected chi connectivity index (χ0v) is 15.2. The van der Waals surface area contributed by atoms with Crippen LogP contribution >= 0.6 is 0 Å². The molecular formula is C20H19F2N5. The van der Waals surface area contributed by atoms with Crippen LogP contribution in [0.3, 0.4) is 0 Å². The molecule has 0 aliphatic heterocycles. The van der Waals surface area contributed by atoms with E-state index in [9.17, 15) is 8.78 Å². The molecule has 0 fully saturated rings. The number of aryl methyl sites for hydroxylation is 1. The second-order valence-electron chi connectivity index (χ2n) is 6.54. The molecule has 0 aliphatic rings. The van der Waals surface area contributed by atoms with Gasteiger partial charge < -0.3 is 4.90 Å². The quantitative estimate of drug-likeness (QED) is 0.514. The van der Waals surface area contributed by atoms with Gasteiger partial charge >= 0.3 is 0 Å². The molecule has 0 unspecified atom stereocenters. The van der Waals surface area contributed by atoms with Gasteiger partial charge in [0.25, 0.3) is 5.78 Å². The highest BCUT2D eigenvalue weighted by Crippen LogP contribution is 2.32. The van der Waals surface area contributed by atoms with E-state index in [1.54, 1.807) is 34.8 Å². The van der Waals surface area contributed by atoms with Gasteiger partial charge in [0.15, 0.2) is 0 Å². The van der Waals surface area contributed by atoms with Crippen molar-refractivity contribution in [3.63, 3.8) is 0 Å². The molecule has 2 aromatic heterocycles. The Bertz CT molecular complexity index is 1120. The molecule has 4 aromatic rings. The first-order valence-electron chi connectivity index (χ1n) is 8.89. The zero-order chi connectivity index (χ0) is 19.0. The van der Waals surface area contributed by atoms with E-state index in [0.29, 0.717) is 34.7 Å². The zero-order valence-electron chi connectivity index (χ0n) is 15.2. The summed E-state index contributed by atoms with van der Waals surface area (Å²) >= 11 is 0. The highest BCUT2D eigenvalue weighted by Gasteiger charge is 2.17. The van der Waals surface area contributed by atoms with E-state index in [0.717, 1.165) is 18.4 Å². The fourth-order valence-corrected chi connectivity index (χ4v) is 3.24. The van der Waals surface area contributed by atoms with Gasteiger partial charge in [-0.3, -0.25) is 4.40 Å². The largest absolute Gasteiger partial charge is 0.329 e. The molecule has 138 valence electrons. The van der Waals surface area contributed by atoms with Crippen LogP contribution in [0.5, 0.6) is 0 Å². The second-order valence-corrected chi connectivity index (χ2v) is 6.54. The van der Waals surface area contributed by atoms with Gasteiger partial charge in [0.05, 0.1) is 5.52 Å². The Hall–Kier alpha value is -3.09. The van der Waals surface area contributed by atoms with Crippen molar-refractivity contribution in [1.29, 1.82) is 0 Å². The Balaban J connectivity index is 1.95. The van der Waals surface area contributed by atoms with Gasteiger partial charge in [0.1, 0.15) is 23.8 Å². The molecule has 5 nitrogen and oxygen atoms in total. The molecule has 2 heterocycles. The molecule has 0 saturated heterocycles. The number of anilines is 2. The fourth-order valence-electron chi connectivity index (χ4n) is 3.24. The summed E-state index contributed by atoms with van der Waals surface area (Å²) in [5.41, 5.74) is 2.05. The van der Waals surface area contributed by atoms with Crippen LogP contribution in [0.25, 0.3) is 16.7 Å². The van der Waals surface area contributed by atoms with Gasteiger partial charge in [-0.2, -0.15) is 4.98 Å². The monoisotopic (exact) mass is 367 g/mol. The summed E-state index contributed by atoms with van der Waals surface area (Å²) in [6.07, 6.45) is 4.13. The molecule has 0 spiro atoms. The highest BCUT2D eigenvalue weighted by molar-refractivity contribution is 5.93.